The van der Waals surface area contributed by atoms with E-state index in [1.54, 1.807) is 6.07 Å². The first kappa shape index (κ1) is 14.9. The smallest absolute Gasteiger partial charge is 0.273 e. The molecule has 1 atom stereocenters. The minimum absolute atomic E-state index is 0.0532. The maximum absolute atomic E-state index is 12.2. The van der Waals surface area contributed by atoms with Crippen LogP contribution in [0.4, 0.5) is 0 Å². The van der Waals surface area contributed by atoms with Crippen LogP contribution in [0.3, 0.4) is 0 Å². The van der Waals surface area contributed by atoms with Crippen molar-refractivity contribution in [3.63, 3.8) is 0 Å². The fourth-order valence-corrected chi connectivity index (χ4v) is 2.95. The van der Waals surface area contributed by atoms with E-state index in [9.17, 15) is 4.79 Å². The number of hydrogen-bond acceptors (Lipinski definition) is 5. The highest BCUT2D eigenvalue weighted by Crippen LogP contribution is 2.18. The van der Waals surface area contributed by atoms with Gasteiger partial charge in [0, 0.05) is 12.7 Å². The summed E-state index contributed by atoms with van der Waals surface area (Å²) in [6.45, 7) is 3.67. The minimum Gasteiger partial charge on any atom is -0.379 e. The molecule has 1 amide bonds. The van der Waals surface area contributed by atoms with E-state index in [2.05, 4.69) is 15.5 Å². The van der Waals surface area contributed by atoms with E-state index in [0.717, 1.165) is 23.3 Å². The van der Waals surface area contributed by atoms with E-state index in [1.807, 2.05) is 35.8 Å². The molecule has 7 heteroatoms. The molecule has 0 saturated carbocycles. The van der Waals surface area contributed by atoms with Crippen LogP contribution in [0.15, 0.2) is 34.9 Å². The van der Waals surface area contributed by atoms with E-state index >= 15 is 0 Å². The number of nitrogens with zero attached hydrogens (tertiary/aromatic N) is 3. The van der Waals surface area contributed by atoms with Gasteiger partial charge in [-0.05, 0) is 25.5 Å². The maximum Gasteiger partial charge on any atom is 0.273 e. The zero-order chi connectivity index (χ0) is 16.5. The van der Waals surface area contributed by atoms with Crippen molar-refractivity contribution in [2.45, 2.75) is 25.9 Å². The molecule has 7 nitrogen and oxygen atoms in total. The second-order valence-corrected chi connectivity index (χ2v) is 5.95. The van der Waals surface area contributed by atoms with Crippen LogP contribution >= 0.6 is 0 Å². The van der Waals surface area contributed by atoms with Gasteiger partial charge in [0.1, 0.15) is 5.82 Å². The van der Waals surface area contributed by atoms with Gasteiger partial charge >= 0.3 is 0 Å². The Hall–Kier alpha value is -2.67. The molecule has 1 N–H and O–H groups in total. The number of rotatable bonds is 4. The normalized spacial score (nSPS) is 17.5. The average Bonchev–Trinajstić information content (AvgIpc) is 3.29. The van der Waals surface area contributed by atoms with E-state index in [1.165, 1.54) is 0 Å². The topological polar surface area (TPSA) is 82.2 Å². The van der Waals surface area contributed by atoms with Crippen molar-refractivity contribution in [2.24, 2.45) is 0 Å². The van der Waals surface area contributed by atoms with Crippen molar-refractivity contribution in [2.75, 3.05) is 13.2 Å². The Morgan fingerprint density at radius 1 is 1.42 bits per heavy atom. The van der Waals surface area contributed by atoms with E-state index < -0.39 is 0 Å². The lowest BCUT2D eigenvalue weighted by Gasteiger charge is -2.07. The Kier molecular flexibility index (Phi) is 3.78. The summed E-state index contributed by atoms with van der Waals surface area (Å²) in [4.78, 5) is 16.7. The first-order valence-electron chi connectivity index (χ1n) is 7.97. The highest BCUT2D eigenvalue weighted by molar-refractivity contribution is 5.92. The highest BCUT2D eigenvalue weighted by Gasteiger charge is 2.21. The average molecular weight is 326 g/mol. The largest absolute Gasteiger partial charge is 0.379 e. The molecule has 124 valence electrons. The zero-order valence-electron chi connectivity index (χ0n) is 13.4. The number of amides is 1. The predicted molar refractivity (Wildman–Crippen MR) is 86.8 cm³/mol. The third-order valence-corrected chi connectivity index (χ3v) is 4.22. The molecule has 0 unspecified atom stereocenters. The molecule has 1 aliphatic rings. The molecule has 3 aromatic rings. The van der Waals surface area contributed by atoms with E-state index in [0.29, 0.717) is 31.2 Å². The highest BCUT2D eigenvalue weighted by atomic mass is 16.5. The third-order valence-electron chi connectivity index (χ3n) is 4.22. The van der Waals surface area contributed by atoms with Crippen molar-refractivity contribution in [1.29, 1.82) is 0 Å². The molecular formula is C17H18N4O3. The molecule has 3 heterocycles. The first-order chi connectivity index (χ1) is 11.7. The monoisotopic (exact) mass is 326 g/mol. The number of ether oxygens (including phenoxy) is 1. The summed E-state index contributed by atoms with van der Waals surface area (Å²) in [5.41, 5.74) is 2.26. The molecule has 1 aromatic carbocycles. The molecule has 1 fully saturated rings. The van der Waals surface area contributed by atoms with Gasteiger partial charge in [0.15, 0.2) is 11.5 Å². The molecule has 4 rings (SSSR count). The van der Waals surface area contributed by atoms with Gasteiger partial charge in [0.2, 0.25) is 0 Å². The van der Waals surface area contributed by atoms with Crippen molar-refractivity contribution in [3.05, 3.63) is 47.6 Å². The molecule has 1 saturated heterocycles. The number of benzene rings is 1. The lowest BCUT2D eigenvalue weighted by molar-refractivity contribution is 0.0920. The second-order valence-electron chi connectivity index (χ2n) is 5.95. The van der Waals surface area contributed by atoms with Crippen molar-refractivity contribution in [3.8, 4) is 0 Å². The summed E-state index contributed by atoms with van der Waals surface area (Å²) in [6, 6.07) is 9.66. The number of fused-ring (bicyclic) bond motifs is 1. The number of carbonyl (C=O) groups is 1. The van der Waals surface area contributed by atoms with Crippen molar-refractivity contribution >= 4 is 16.9 Å². The van der Waals surface area contributed by atoms with Gasteiger partial charge in [-0.15, -0.1) is 0 Å². The summed E-state index contributed by atoms with van der Waals surface area (Å²) in [7, 11) is 0. The Balaban J connectivity index is 1.52. The standard InChI is InChI=1S/C17H18N4O3/c1-11-18-14-4-2-3-5-16(14)21(11)9-13-8-15(20-24-13)17(22)19-12-6-7-23-10-12/h2-5,8,12H,6-7,9-10H2,1H3,(H,19,22)/t12-/m0/s1. The summed E-state index contributed by atoms with van der Waals surface area (Å²) in [5, 5.41) is 6.79. The van der Waals surface area contributed by atoms with Gasteiger partial charge in [-0.2, -0.15) is 0 Å². The van der Waals surface area contributed by atoms with Gasteiger partial charge < -0.3 is 19.1 Å². The second kappa shape index (κ2) is 6.09. The molecule has 0 bridgehead atoms. The number of aryl methyl sites for hydroxylation is 1. The fraction of sp³-hybridized carbons (Fsp3) is 0.353. The van der Waals surface area contributed by atoms with Crippen LogP contribution in [0.25, 0.3) is 11.0 Å². The summed E-state index contributed by atoms with van der Waals surface area (Å²) < 4.78 is 12.6. The van der Waals surface area contributed by atoms with Crippen LogP contribution in [-0.2, 0) is 11.3 Å². The van der Waals surface area contributed by atoms with Gasteiger partial charge in [-0.25, -0.2) is 4.98 Å². The number of aromatic nitrogens is 3. The van der Waals surface area contributed by atoms with E-state index in [-0.39, 0.29) is 11.9 Å². The van der Waals surface area contributed by atoms with Gasteiger partial charge in [0.25, 0.3) is 5.91 Å². The molecule has 0 spiro atoms. The lowest BCUT2D eigenvalue weighted by atomic mass is 10.2. The molecule has 2 aromatic heterocycles. The van der Waals surface area contributed by atoms with Gasteiger partial charge in [0.05, 0.1) is 30.2 Å². The predicted octanol–water partition coefficient (Wildman–Crippen LogP) is 1.90. The molecule has 0 aliphatic carbocycles. The zero-order valence-corrected chi connectivity index (χ0v) is 13.4. The Morgan fingerprint density at radius 3 is 3.12 bits per heavy atom. The van der Waals surface area contributed by atoms with Crippen molar-refractivity contribution in [1.82, 2.24) is 20.0 Å². The van der Waals surface area contributed by atoms with Crippen LogP contribution in [0.5, 0.6) is 0 Å². The maximum atomic E-state index is 12.2. The van der Waals surface area contributed by atoms with Crippen molar-refractivity contribution < 1.29 is 14.1 Å². The third kappa shape index (κ3) is 2.78. The quantitative estimate of drug-likeness (QED) is 0.792. The first-order valence-corrected chi connectivity index (χ1v) is 7.97. The van der Waals surface area contributed by atoms with Gasteiger partial charge in [-0.1, -0.05) is 17.3 Å². The lowest BCUT2D eigenvalue weighted by Crippen LogP contribution is -2.35. The molecule has 24 heavy (non-hydrogen) atoms. The molecular weight excluding hydrogens is 308 g/mol. The summed E-state index contributed by atoms with van der Waals surface area (Å²) in [6.07, 6.45) is 0.830. The number of hydrogen-bond donors (Lipinski definition) is 1. The Bertz CT molecular complexity index is 877. The summed E-state index contributed by atoms with van der Waals surface area (Å²) >= 11 is 0. The number of carbonyl (C=O) groups excluding carboxylic acids is 1. The Labute approximate surface area is 138 Å². The number of nitrogens with one attached hydrogen (secondary N) is 1. The van der Waals surface area contributed by atoms with Crippen LogP contribution in [-0.4, -0.2) is 39.9 Å². The number of para-hydroxylation sites is 2. The number of imidazole rings is 1. The van der Waals surface area contributed by atoms with Crippen LogP contribution < -0.4 is 5.32 Å². The molecule has 1 aliphatic heterocycles. The van der Waals surface area contributed by atoms with Crippen LogP contribution in [0.2, 0.25) is 0 Å². The molecule has 0 radical (unpaired) electrons. The SMILES string of the molecule is Cc1nc2ccccc2n1Cc1cc(C(=O)N[C@H]2CCOC2)no1. The van der Waals surface area contributed by atoms with Gasteiger partial charge in [-0.3, -0.25) is 4.79 Å². The van der Waals surface area contributed by atoms with Crippen LogP contribution in [0, 0.1) is 6.92 Å². The van der Waals surface area contributed by atoms with Crippen LogP contribution in [0.1, 0.15) is 28.5 Å². The van der Waals surface area contributed by atoms with E-state index in [4.69, 9.17) is 9.26 Å². The fourth-order valence-electron chi connectivity index (χ4n) is 2.95. The Morgan fingerprint density at radius 2 is 2.29 bits per heavy atom. The summed E-state index contributed by atoms with van der Waals surface area (Å²) in [5.74, 6) is 1.28. The minimum atomic E-state index is -0.229.